The number of ether oxygens (including phenoxy) is 1. The molecule has 0 rings (SSSR count). The van der Waals surface area contributed by atoms with Gasteiger partial charge in [0, 0.05) is 0 Å². The number of carbonyl (C=O) groups is 2. The molecule has 5 heteroatoms. The van der Waals surface area contributed by atoms with Crippen molar-refractivity contribution in [3.8, 4) is 0 Å². The van der Waals surface area contributed by atoms with E-state index in [1.165, 1.54) is 0 Å². The molecular weight excluding hydrogens is 258 g/mol. The van der Waals surface area contributed by atoms with Crippen LogP contribution in [0.2, 0.25) is 0 Å². The molecule has 0 spiro atoms. The number of nitrogens with one attached hydrogen (secondary N) is 1. The van der Waals surface area contributed by atoms with Crippen molar-refractivity contribution >= 4 is 11.9 Å². The van der Waals surface area contributed by atoms with Gasteiger partial charge in [-0.05, 0) is 25.7 Å². The van der Waals surface area contributed by atoms with Crippen molar-refractivity contribution in [1.29, 1.82) is 0 Å². The molecule has 0 aliphatic rings. The first-order chi connectivity index (χ1) is 9.60. The maximum Gasteiger partial charge on any atom is 0.320 e. The highest BCUT2D eigenvalue weighted by Gasteiger charge is 2.14. The Balaban J connectivity index is 3.96. The average molecular weight is 287 g/mol. The average Bonchev–Trinajstić information content (AvgIpc) is 2.38. The minimum atomic E-state index is -0.972. The van der Waals surface area contributed by atoms with Crippen molar-refractivity contribution in [3.05, 3.63) is 0 Å². The third-order valence-corrected chi connectivity index (χ3v) is 3.10. The fraction of sp³-hybridized carbons (Fsp3) is 0.867. The Labute approximate surface area is 122 Å². The van der Waals surface area contributed by atoms with E-state index in [-0.39, 0.29) is 25.2 Å². The SMILES string of the molecule is CCCCCC(CCCCC)OC(=O)CNCC(=O)O. The van der Waals surface area contributed by atoms with Crippen LogP contribution in [0.25, 0.3) is 0 Å². The normalized spacial score (nSPS) is 10.8. The second-order valence-corrected chi connectivity index (χ2v) is 5.10. The van der Waals surface area contributed by atoms with E-state index in [1.54, 1.807) is 0 Å². The molecule has 5 nitrogen and oxygen atoms in total. The summed E-state index contributed by atoms with van der Waals surface area (Å²) in [5.41, 5.74) is 0. The third kappa shape index (κ3) is 12.0. The lowest BCUT2D eigenvalue weighted by Crippen LogP contribution is -2.31. The zero-order chi connectivity index (χ0) is 15.2. The molecule has 2 N–H and O–H groups in total. The molecule has 0 atom stereocenters. The van der Waals surface area contributed by atoms with Crippen molar-refractivity contribution < 1.29 is 19.4 Å². The topological polar surface area (TPSA) is 75.6 Å². The molecule has 0 bridgehead atoms. The Hall–Kier alpha value is -1.10. The summed E-state index contributed by atoms with van der Waals surface area (Å²) in [6, 6.07) is 0. The van der Waals surface area contributed by atoms with Crippen LogP contribution in [0.15, 0.2) is 0 Å². The highest BCUT2D eigenvalue weighted by atomic mass is 16.5. The molecular formula is C15H29NO4. The van der Waals surface area contributed by atoms with Gasteiger partial charge in [-0.3, -0.25) is 14.9 Å². The van der Waals surface area contributed by atoms with Gasteiger partial charge in [-0.1, -0.05) is 39.5 Å². The van der Waals surface area contributed by atoms with Gasteiger partial charge in [0.1, 0.15) is 6.10 Å². The second kappa shape index (κ2) is 12.9. The molecule has 0 amide bonds. The van der Waals surface area contributed by atoms with Crippen LogP contribution >= 0.6 is 0 Å². The van der Waals surface area contributed by atoms with Crippen LogP contribution in [0.4, 0.5) is 0 Å². The first-order valence-electron chi connectivity index (χ1n) is 7.72. The summed E-state index contributed by atoms with van der Waals surface area (Å²) in [7, 11) is 0. The molecule has 0 heterocycles. The van der Waals surface area contributed by atoms with Gasteiger partial charge >= 0.3 is 11.9 Å². The molecule has 0 fully saturated rings. The molecule has 118 valence electrons. The lowest BCUT2D eigenvalue weighted by molar-refractivity contribution is -0.148. The predicted molar refractivity (Wildman–Crippen MR) is 78.7 cm³/mol. The first-order valence-corrected chi connectivity index (χ1v) is 7.72. The summed E-state index contributed by atoms with van der Waals surface area (Å²) in [5, 5.41) is 11.0. The number of hydrogen-bond acceptors (Lipinski definition) is 4. The lowest BCUT2D eigenvalue weighted by atomic mass is 10.0. The van der Waals surface area contributed by atoms with Gasteiger partial charge in [0.05, 0.1) is 13.1 Å². The Morgan fingerprint density at radius 2 is 1.55 bits per heavy atom. The van der Waals surface area contributed by atoms with E-state index in [1.807, 2.05) is 0 Å². The second-order valence-electron chi connectivity index (χ2n) is 5.10. The highest BCUT2D eigenvalue weighted by Crippen LogP contribution is 2.14. The summed E-state index contributed by atoms with van der Waals surface area (Å²) < 4.78 is 5.43. The van der Waals surface area contributed by atoms with E-state index < -0.39 is 5.97 Å². The van der Waals surface area contributed by atoms with E-state index in [2.05, 4.69) is 19.2 Å². The zero-order valence-electron chi connectivity index (χ0n) is 12.8. The molecule has 0 aromatic rings. The first kappa shape index (κ1) is 18.9. The van der Waals surface area contributed by atoms with Crippen molar-refractivity contribution in [1.82, 2.24) is 5.32 Å². The molecule has 0 saturated heterocycles. The molecule has 0 aromatic heterocycles. The number of carboxylic acid groups (broad SMARTS) is 1. The summed E-state index contributed by atoms with van der Waals surface area (Å²) in [5.74, 6) is -1.33. The van der Waals surface area contributed by atoms with E-state index in [0.717, 1.165) is 51.4 Å². The van der Waals surface area contributed by atoms with Gasteiger partial charge in [-0.25, -0.2) is 0 Å². The lowest BCUT2D eigenvalue weighted by Gasteiger charge is -2.18. The molecule has 0 aliphatic carbocycles. The molecule has 0 radical (unpaired) electrons. The highest BCUT2D eigenvalue weighted by molar-refractivity contribution is 5.74. The van der Waals surface area contributed by atoms with Crippen molar-refractivity contribution in [2.45, 2.75) is 71.3 Å². The summed E-state index contributed by atoms with van der Waals surface area (Å²) >= 11 is 0. The number of aliphatic carboxylic acids is 1. The quantitative estimate of drug-likeness (QED) is 0.402. The fourth-order valence-electron chi connectivity index (χ4n) is 2.01. The molecule has 0 unspecified atom stereocenters. The van der Waals surface area contributed by atoms with Crippen LogP contribution in [0.3, 0.4) is 0 Å². The molecule has 20 heavy (non-hydrogen) atoms. The number of rotatable bonds is 13. The zero-order valence-corrected chi connectivity index (χ0v) is 12.8. The smallest absolute Gasteiger partial charge is 0.320 e. The summed E-state index contributed by atoms with van der Waals surface area (Å²) in [6.45, 7) is 4.04. The van der Waals surface area contributed by atoms with Crippen LogP contribution in [0.5, 0.6) is 0 Å². The van der Waals surface area contributed by atoms with Gasteiger partial charge in [0.25, 0.3) is 0 Å². The fourth-order valence-corrected chi connectivity index (χ4v) is 2.01. The Kier molecular flexibility index (Phi) is 12.2. The van der Waals surface area contributed by atoms with E-state index in [9.17, 15) is 9.59 Å². The van der Waals surface area contributed by atoms with Crippen LogP contribution in [0.1, 0.15) is 65.2 Å². The predicted octanol–water partition coefficient (Wildman–Crippen LogP) is 2.73. The van der Waals surface area contributed by atoms with Crippen LogP contribution in [-0.2, 0) is 14.3 Å². The molecule has 0 aromatic carbocycles. The molecule has 0 saturated carbocycles. The number of carbonyl (C=O) groups excluding carboxylic acids is 1. The number of carboxylic acids is 1. The van der Waals surface area contributed by atoms with Gasteiger partial charge in [0.2, 0.25) is 0 Å². The Morgan fingerprint density at radius 3 is 2.00 bits per heavy atom. The maximum absolute atomic E-state index is 11.6. The monoisotopic (exact) mass is 287 g/mol. The van der Waals surface area contributed by atoms with E-state index >= 15 is 0 Å². The van der Waals surface area contributed by atoms with Gasteiger partial charge in [-0.15, -0.1) is 0 Å². The third-order valence-electron chi connectivity index (χ3n) is 3.10. The van der Waals surface area contributed by atoms with Gasteiger partial charge in [-0.2, -0.15) is 0 Å². The largest absolute Gasteiger partial charge is 0.480 e. The van der Waals surface area contributed by atoms with Gasteiger partial charge in [0.15, 0.2) is 0 Å². The maximum atomic E-state index is 11.6. The number of esters is 1. The van der Waals surface area contributed by atoms with Gasteiger partial charge < -0.3 is 9.84 Å². The van der Waals surface area contributed by atoms with Crippen LogP contribution in [0, 0.1) is 0 Å². The Morgan fingerprint density at radius 1 is 1.00 bits per heavy atom. The van der Waals surface area contributed by atoms with Crippen LogP contribution in [-0.4, -0.2) is 36.2 Å². The Bertz CT molecular complexity index is 259. The van der Waals surface area contributed by atoms with Crippen molar-refractivity contribution in [2.75, 3.05) is 13.1 Å². The standard InChI is InChI=1S/C15H29NO4/c1-3-5-7-9-13(10-8-6-4-2)20-15(19)12-16-11-14(17)18/h13,16H,3-12H2,1-2H3,(H,17,18). The minimum absolute atomic E-state index is 0.0211. The number of hydrogen-bond donors (Lipinski definition) is 2. The minimum Gasteiger partial charge on any atom is -0.480 e. The summed E-state index contributed by atoms with van der Waals surface area (Å²) in [6.07, 6.45) is 8.53. The van der Waals surface area contributed by atoms with Crippen molar-refractivity contribution in [3.63, 3.8) is 0 Å². The summed E-state index contributed by atoms with van der Waals surface area (Å²) in [4.78, 5) is 22.0. The van der Waals surface area contributed by atoms with E-state index in [4.69, 9.17) is 9.84 Å². The van der Waals surface area contributed by atoms with E-state index in [0.29, 0.717) is 0 Å². The van der Waals surface area contributed by atoms with Crippen LogP contribution < -0.4 is 5.32 Å². The molecule has 0 aliphatic heterocycles. The van der Waals surface area contributed by atoms with Crippen molar-refractivity contribution in [2.24, 2.45) is 0 Å². The number of unbranched alkanes of at least 4 members (excludes halogenated alkanes) is 4.